The third kappa shape index (κ3) is 2.37. The number of ether oxygens (including phenoxy) is 1. The van der Waals surface area contributed by atoms with Crippen LogP contribution >= 0.6 is 0 Å². The Balaban J connectivity index is 1.57. The van der Waals surface area contributed by atoms with Crippen molar-refractivity contribution < 1.29 is 14.6 Å². The Bertz CT molecular complexity index is 517. The minimum atomic E-state index is -0.110. The molecule has 0 saturated heterocycles. The van der Waals surface area contributed by atoms with E-state index in [4.69, 9.17) is 4.74 Å². The number of rotatable bonds is 1. The average Bonchev–Trinajstić information content (AvgIpc) is 2.84. The van der Waals surface area contributed by atoms with Gasteiger partial charge >= 0.3 is 5.97 Å². The maximum absolute atomic E-state index is 11.5. The number of aliphatic hydroxyl groups excluding tert-OH is 1. The van der Waals surface area contributed by atoms with E-state index in [1.165, 1.54) is 38.5 Å². The molecule has 3 heteroatoms. The molecule has 0 aliphatic heterocycles. The van der Waals surface area contributed by atoms with Crippen LogP contribution in [0.1, 0.15) is 78.6 Å². The third-order valence-corrected chi connectivity index (χ3v) is 8.86. The fraction of sp³-hybridized carbons (Fsp3) is 0.952. The molecular formula is C21H34O3. The van der Waals surface area contributed by atoms with E-state index in [-0.39, 0.29) is 23.6 Å². The van der Waals surface area contributed by atoms with Gasteiger partial charge in [-0.1, -0.05) is 13.8 Å². The molecule has 4 saturated carbocycles. The minimum Gasteiger partial charge on any atom is -0.462 e. The van der Waals surface area contributed by atoms with Gasteiger partial charge in [0.25, 0.3) is 0 Å². The molecule has 0 aromatic heterocycles. The summed E-state index contributed by atoms with van der Waals surface area (Å²) in [7, 11) is 0. The highest BCUT2D eigenvalue weighted by Gasteiger charge is 2.60. The fourth-order valence-electron chi connectivity index (χ4n) is 7.58. The Morgan fingerprint density at radius 2 is 1.67 bits per heavy atom. The van der Waals surface area contributed by atoms with E-state index in [2.05, 4.69) is 13.8 Å². The average molecular weight is 335 g/mol. The zero-order valence-corrected chi connectivity index (χ0v) is 15.6. The highest BCUT2D eigenvalue weighted by Crippen LogP contribution is 2.66. The normalized spacial score (nSPS) is 53.7. The van der Waals surface area contributed by atoms with Crippen LogP contribution in [0.4, 0.5) is 0 Å². The summed E-state index contributed by atoms with van der Waals surface area (Å²) >= 11 is 0. The van der Waals surface area contributed by atoms with Gasteiger partial charge in [-0.05, 0) is 86.9 Å². The molecule has 0 radical (unpaired) electrons. The van der Waals surface area contributed by atoms with Gasteiger partial charge in [0.05, 0.1) is 6.10 Å². The first kappa shape index (κ1) is 16.9. The maximum Gasteiger partial charge on any atom is 0.302 e. The second kappa shape index (κ2) is 5.72. The van der Waals surface area contributed by atoms with Crippen LogP contribution in [0.5, 0.6) is 0 Å². The van der Waals surface area contributed by atoms with Gasteiger partial charge in [0.2, 0.25) is 0 Å². The molecule has 4 aliphatic carbocycles. The molecule has 24 heavy (non-hydrogen) atoms. The van der Waals surface area contributed by atoms with Crippen molar-refractivity contribution in [2.45, 2.75) is 90.8 Å². The van der Waals surface area contributed by atoms with E-state index in [1.807, 2.05) is 0 Å². The second-order valence-electron chi connectivity index (χ2n) is 9.81. The molecule has 8 atom stereocenters. The minimum absolute atomic E-state index is 0.0618. The molecule has 4 rings (SSSR count). The van der Waals surface area contributed by atoms with Crippen molar-refractivity contribution in [1.29, 1.82) is 0 Å². The number of hydrogen-bond acceptors (Lipinski definition) is 3. The van der Waals surface area contributed by atoms with Crippen molar-refractivity contribution in [3.63, 3.8) is 0 Å². The fourth-order valence-corrected chi connectivity index (χ4v) is 7.58. The van der Waals surface area contributed by atoms with Crippen LogP contribution in [0.2, 0.25) is 0 Å². The standard InChI is InChI=1S/C21H34O3/c1-13(22)24-19-7-6-17-16-5-4-14-12-15(23)8-10-20(14,2)18(16)9-11-21(17,19)3/h14-19,23H,4-12H2,1-3H3/t14?,15?,16-,17-,18+,19?,20-,21-/m0/s1. The summed E-state index contributed by atoms with van der Waals surface area (Å²) < 4.78 is 5.74. The highest BCUT2D eigenvalue weighted by molar-refractivity contribution is 5.66. The summed E-state index contributed by atoms with van der Waals surface area (Å²) in [6.07, 6.45) is 10.7. The maximum atomic E-state index is 11.5. The first-order valence-corrected chi connectivity index (χ1v) is 10.2. The summed E-state index contributed by atoms with van der Waals surface area (Å²) in [6.45, 7) is 6.48. The molecule has 0 heterocycles. The summed E-state index contributed by atoms with van der Waals surface area (Å²) in [5, 5.41) is 10.1. The van der Waals surface area contributed by atoms with Crippen molar-refractivity contribution >= 4 is 5.97 Å². The lowest BCUT2D eigenvalue weighted by molar-refractivity contribution is -0.163. The summed E-state index contributed by atoms with van der Waals surface area (Å²) in [5.74, 6) is 2.96. The van der Waals surface area contributed by atoms with Gasteiger partial charge in [-0.25, -0.2) is 0 Å². The highest BCUT2D eigenvalue weighted by atomic mass is 16.5. The molecule has 1 N–H and O–H groups in total. The van der Waals surface area contributed by atoms with E-state index < -0.39 is 0 Å². The van der Waals surface area contributed by atoms with Gasteiger partial charge < -0.3 is 9.84 Å². The molecule has 0 aromatic rings. The molecule has 0 bridgehead atoms. The van der Waals surface area contributed by atoms with Crippen molar-refractivity contribution in [1.82, 2.24) is 0 Å². The van der Waals surface area contributed by atoms with Crippen LogP contribution in [-0.2, 0) is 9.53 Å². The molecule has 4 aliphatic rings. The SMILES string of the molecule is CC(=O)OC1CC[C@H]2[C@@H]3CCC4CC(O)CC[C@]4(C)[C@@H]3CC[C@]12C. The summed E-state index contributed by atoms with van der Waals surface area (Å²) in [5.41, 5.74) is 0.632. The Hall–Kier alpha value is -0.570. The summed E-state index contributed by atoms with van der Waals surface area (Å²) in [4.78, 5) is 11.5. The monoisotopic (exact) mass is 334 g/mol. The molecule has 0 amide bonds. The first-order chi connectivity index (χ1) is 11.3. The van der Waals surface area contributed by atoms with Crippen LogP contribution in [0.25, 0.3) is 0 Å². The van der Waals surface area contributed by atoms with Gasteiger partial charge in [0, 0.05) is 12.3 Å². The van der Waals surface area contributed by atoms with Crippen LogP contribution < -0.4 is 0 Å². The number of fused-ring (bicyclic) bond motifs is 5. The molecule has 3 unspecified atom stereocenters. The van der Waals surface area contributed by atoms with E-state index in [1.54, 1.807) is 6.92 Å². The van der Waals surface area contributed by atoms with Crippen LogP contribution in [0.15, 0.2) is 0 Å². The van der Waals surface area contributed by atoms with E-state index in [0.29, 0.717) is 5.41 Å². The Morgan fingerprint density at radius 3 is 2.42 bits per heavy atom. The lowest BCUT2D eigenvalue weighted by Crippen LogP contribution is -2.54. The second-order valence-corrected chi connectivity index (χ2v) is 9.81. The van der Waals surface area contributed by atoms with Gasteiger partial charge in [0.1, 0.15) is 6.10 Å². The van der Waals surface area contributed by atoms with Crippen molar-refractivity contribution in [3.8, 4) is 0 Å². The van der Waals surface area contributed by atoms with Gasteiger partial charge in [0.15, 0.2) is 0 Å². The van der Waals surface area contributed by atoms with Gasteiger partial charge in [-0.15, -0.1) is 0 Å². The lowest BCUT2D eigenvalue weighted by Gasteiger charge is -2.60. The smallest absolute Gasteiger partial charge is 0.302 e. The molecular weight excluding hydrogens is 300 g/mol. The first-order valence-electron chi connectivity index (χ1n) is 10.2. The van der Waals surface area contributed by atoms with Crippen LogP contribution in [0.3, 0.4) is 0 Å². The Morgan fingerprint density at radius 1 is 0.958 bits per heavy atom. The van der Waals surface area contributed by atoms with Crippen LogP contribution in [-0.4, -0.2) is 23.3 Å². The van der Waals surface area contributed by atoms with Crippen molar-refractivity contribution in [2.24, 2.45) is 34.5 Å². The van der Waals surface area contributed by atoms with E-state index >= 15 is 0 Å². The topological polar surface area (TPSA) is 46.5 Å². The molecule has 136 valence electrons. The predicted molar refractivity (Wildman–Crippen MR) is 93.3 cm³/mol. The number of carbonyl (C=O) groups excluding carboxylic acids is 1. The van der Waals surface area contributed by atoms with Gasteiger partial charge in [-0.2, -0.15) is 0 Å². The summed E-state index contributed by atoms with van der Waals surface area (Å²) in [6, 6.07) is 0. The van der Waals surface area contributed by atoms with E-state index in [0.717, 1.165) is 42.9 Å². The number of aliphatic hydroxyl groups is 1. The van der Waals surface area contributed by atoms with Crippen molar-refractivity contribution in [2.75, 3.05) is 0 Å². The van der Waals surface area contributed by atoms with Crippen molar-refractivity contribution in [3.05, 3.63) is 0 Å². The van der Waals surface area contributed by atoms with E-state index in [9.17, 15) is 9.90 Å². The van der Waals surface area contributed by atoms with Gasteiger partial charge in [-0.3, -0.25) is 4.79 Å². The predicted octanol–water partition coefficient (Wildman–Crippen LogP) is 4.32. The lowest BCUT2D eigenvalue weighted by atomic mass is 9.45. The quantitative estimate of drug-likeness (QED) is 0.726. The number of carbonyl (C=O) groups is 1. The Labute approximate surface area is 146 Å². The molecule has 4 fully saturated rings. The number of esters is 1. The molecule has 0 spiro atoms. The molecule has 3 nitrogen and oxygen atoms in total. The zero-order chi connectivity index (χ0) is 17.1. The zero-order valence-electron chi connectivity index (χ0n) is 15.6. The third-order valence-electron chi connectivity index (χ3n) is 8.86. The number of hydrogen-bond donors (Lipinski definition) is 1. The van der Waals surface area contributed by atoms with Crippen LogP contribution in [0, 0.1) is 34.5 Å². The Kier molecular flexibility index (Phi) is 4.02. The largest absolute Gasteiger partial charge is 0.462 e. The molecule has 0 aromatic carbocycles.